The summed E-state index contributed by atoms with van der Waals surface area (Å²) in [6.07, 6.45) is 0. The minimum absolute atomic E-state index is 0.0168. The highest BCUT2D eigenvalue weighted by molar-refractivity contribution is 9.11. The number of aromatic carboxylic acids is 1. The SMILES string of the molecule is O=C(O)c1ccc(NS(=O)(=O)c2ccc(Br)s2)c(Cl)c1. The summed E-state index contributed by atoms with van der Waals surface area (Å²) < 4.78 is 27.3. The number of carboxylic acids is 1. The zero-order valence-electron chi connectivity index (χ0n) is 9.63. The molecule has 0 aliphatic heterocycles. The lowest BCUT2D eigenvalue weighted by atomic mass is 10.2. The van der Waals surface area contributed by atoms with Crippen LogP contribution in [-0.2, 0) is 10.0 Å². The van der Waals surface area contributed by atoms with Crippen LogP contribution in [0.2, 0.25) is 5.02 Å². The molecule has 0 unspecified atom stereocenters. The summed E-state index contributed by atoms with van der Waals surface area (Å²) in [6, 6.07) is 6.85. The Morgan fingerprint density at radius 3 is 2.50 bits per heavy atom. The van der Waals surface area contributed by atoms with Gasteiger partial charge in [-0.1, -0.05) is 11.6 Å². The molecule has 1 aromatic heterocycles. The molecule has 0 saturated carbocycles. The Morgan fingerprint density at radius 2 is 2.00 bits per heavy atom. The van der Waals surface area contributed by atoms with Crippen LogP contribution in [-0.4, -0.2) is 19.5 Å². The fourth-order valence-electron chi connectivity index (χ4n) is 1.37. The molecule has 2 N–H and O–H groups in total. The molecule has 0 aliphatic rings. The fourth-order valence-corrected chi connectivity index (χ4v) is 4.74. The van der Waals surface area contributed by atoms with Crippen LogP contribution in [0.5, 0.6) is 0 Å². The third-order valence-electron chi connectivity index (χ3n) is 2.27. The summed E-state index contributed by atoms with van der Waals surface area (Å²) in [5.74, 6) is -1.14. The maximum Gasteiger partial charge on any atom is 0.335 e. The summed E-state index contributed by atoms with van der Waals surface area (Å²) in [7, 11) is -3.74. The van der Waals surface area contributed by atoms with Gasteiger partial charge in [0.05, 0.1) is 20.1 Å². The first kappa shape index (κ1) is 15.3. The van der Waals surface area contributed by atoms with E-state index in [0.717, 1.165) is 11.3 Å². The number of nitrogens with one attached hydrogen (secondary N) is 1. The maximum absolute atomic E-state index is 12.1. The third-order valence-corrected chi connectivity index (χ3v) is 6.07. The van der Waals surface area contributed by atoms with Gasteiger partial charge in [0.25, 0.3) is 10.0 Å². The average molecular weight is 397 g/mol. The fraction of sp³-hybridized carbons (Fsp3) is 0. The van der Waals surface area contributed by atoms with Gasteiger partial charge in [-0.05, 0) is 46.3 Å². The van der Waals surface area contributed by atoms with E-state index in [9.17, 15) is 13.2 Å². The molecule has 0 aliphatic carbocycles. The number of carboxylic acid groups (broad SMARTS) is 1. The molecule has 9 heteroatoms. The van der Waals surface area contributed by atoms with Crippen molar-refractivity contribution in [3.8, 4) is 0 Å². The highest BCUT2D eigenvalue weighted by atomic mass is 79.9. The van der Waals surface area contributed by atoms with E-state index in [0.29, 0.717) is 3.79 Å². The average Bonchev–Trinajstić information content (AvgIpc) is 2.79. The van der Waals surface area contributed by atoms with E-state index in [1.54, 1.807) is 6.07 Å². The van der Waals surface area contributed by atoms with Crippen LogP contribution in [0.1, 0.15) is 10.4 Å². The molecular weight excluding hydrogens is 390 g/mol. The predicted octanol–water partition coefficient (Wildman–Crippen LogP) is 3.66. The van der Waals surface area contributed by atoms with Crippen molar-refractivity contribution in [3.63, 3.8) is 0 Å². The highest BCUT2D eigenvalue weighted by Crippen LogP contribution is 2.30. The molecule has 106 valence electrons. The number of carbonyl (C=O) groups is 1. The zero-order valence-corrected chi connectivity index (χ0v) is 13.6. The van der Waals surface area contributed by atoms with Crippen molar-refractivity contribution < 1.29 is 18.3 Å². The molecule has 0 fully saturated rings. The lowest BCUT2D eigenvalue weighted by molar-refractivity contribution is 0.0697. The van der Waals surface area contributed by atoms with Crippen LogP contribution in [0.15, 0.2) is 38.3 Å². The van der Waals surface area contributed by atoms with Crippen molar-refractivity contribution in [3.05, 3.63) is 44.7 Å². The molecule has 0 atom stereocenters. The number of anilines is 1. The molecule has 20 heavy (non-hydrogen) atoms. The van der Waals surface area contributed by atoms with E-state index in [1.165, 1.54) is 24.3 Å². The second-order valence-electron chi connectivity index (χ2n) is 3.66. The zero-order chi connectivity index (χ0) is 14.9. The van der Waals surface area contributed by atoms with E-state index in [2.05, 4.69) is 20.7 Å². The van der Waals surface area contributed by atoms with E-state index in [-0.39, 0.29) is 20.5 Å². The topological polar surface area (TPSA) is 83.5 Å². The van der Waals surface area contributed by atoms with Crippen LogP contribution < -0.4 is 4.72 Å². The van der Waals surface area contributed by atoms with Crippen LogP contribution in [0.3, 0.4) is 0 Å². The Kier molecular flexibility index (Phi) is 4.38. The Hall–Kier alpha value is -1.09. The van der Waals surface area contributed by atoms with Gasteiger partial charge < -0.3 is 5.11 Å². The number of benzene rings is 1. The Bertz CT molecular complexity index is 772. The molecule has 1 aromatic carbocycles. The summed E-state index contributed by atoms with van der Waals surface area (Å²) >= 11 is 10.1. The van der Waals surface area contributed by atoms with Gasteiger partial charge in [-0.3, -0.25) is 4.72 Å². The Balaban J connectivity index is 2.32. The largest absolute Gasteiger partial charge is 0.478 e. The van der Waals surface area contributed by atoms with Crippen LogP contribution in [0.25, 0.3) is 0 Å². The number of hydrogen-bond acceptors (Lipinski definition) is 4. The van der Waals surface area contributed by atoms with Gasteiger partial charge in [0.15, 0.2) is 0 Å². The van der Waals surface area contributed by atoms with Gasteiger partial charge in [-0.25, -0.2) is 13.2 Å². The minimum Gasteiger partial charge on any atom is -0.478 e. The van der Waals surface area contributed by atoms with E-state index in [1.807, 2.05) is 0 Å². The standard InChI is InChI=1S/C11H7BrClNO4S2/c12-9-3-4-10(19-9)20(17,18)14-8-2-1-6(11(15)16)5-7(8)13/h1-5,14H,(H,15,16). The smallest absolute Gasteiger partial charge is 0.335 e. The van der Waals surface area contributed by atoms with Crippen molar-refractivity contribution in [1.29, 1.82) is 0 Å². The molecule has 0 saturated heterocycles. The number of rotatable bonds is 4. The normalized spacial score (nSPS) is 11.3. The quantitative estimate of drug-likeness (QED) is 0.826. The van der Waals surface area contributed by atoms with Crippen molar-refractivity contribution in [2.45, 2.75) is 4.21 Å². The van der Waals surface area contributed by atoms with E-state index >= 15 is 0 Å². The summed E-state index contributed by atoms with van der Waals surface area (Å²) in [5, 5.41) is 8.83. The van der Waals surface area contributed by atoms with Crippen LogP contribution in [0, 0.1) is 0 Å². The second kappa shape index (κ2) is 5.72. The van der Waals surface area contributed by atoms with Crippen molar-refractivity contribution in [1.82, 2.24) is 0 Å². The number of thiophene rings is 1. The van der Waals surface area contributed by atoms with Crippen LogP contribution in [0.4, 0.5) is 5.69 Å². The highest BCUT2D eigenvalue weighted by Gasteiger charge is 2.18. The van der Waals surface area contributed by atoms with Gasteiger partial charge in [-0.2, -0.15) is 0 Å². The van der Waals surface area contributed by atoms with Gasteiger partial charge in [-0.15, -0.1) is 11.3 Å². The first-order valence-electron chi connectivity index (χ1n) is 5.10. The molecule has 2 aromatic rings. The van der Waals surface area contributed by atoms with Crippen molar-refractivity contribution in [2.24, 2.45) is 0 Å². The first-order valence-corrected chi connectivity index (χ1v) is 8.57. The number of halogens is 2. The second-order valence-corrected chi connectivity index (χ2v) is 8.44. The maximum atomic E-state index is 12.1. The molecule has 0 radical (unpaired) electrons. The molecule has 0 spiro atoms. The summed E-state index contributed by atoms with van der Waals surface area (Å²) in [4.78, 5) is 10.8. The lowest BCUT2D eigenvalue weighted by Crippen LogP contribution is -2.12. The molecule has 5 nitrogen and oxygen atoms in total. The van der Waals surface area contributed by atoms with Crippen LogP contribution >= 0.6 is 38.9 Å². The lowest BCUT2D eigenvalue weighted by Gasteiger charge is -2.08. The summed E-state index contributed by atoms with van der Waals surface area (Å²) in [5.41, 5.74) is 0.109. The predicted molar refractivity (Wildman–Crippen MR) is 81.2 cm³/mol. The Labute approximate surface area is 132 Å². The summed E-state index contributed by atoms with van der Waals surface area (Å²) in [6.45, 7) is 0. The molecular formula is C11H7BrClNO4S2. The van der Waals surface area contributed by atoms with E-state index in [4.69, 9.17) is 16.7 Å². The monoisotopic (exact) mass is 395 g/mol. The van der Waals surface area contributed by atoms with Gasteiger partial charge in [0.1, 0.15) is 4.21 Å². The van der Waals surface area contributed by atoms with Gasteiger partial charge >= 0.3 is 5.97 Å². The molecule has 0 bridgehead atoms. The number of hydrogen-bond donors (Lipinski definition) is 2. The molecule has 1 heterocycles. The third kappa shape index (κ3) is 3.32. The minimum atomic E-state index is -3.74. The van der Waals surface area contributed by atoms with Crippen molar-refractivity contribution in [2.75, 3.05) is 4.72 Å². The number of sulfonamides is 1. The van der Waals surface area contributed by atoms with Gasteiger partial charge in [0.2, 0.25) is 0 Å². The van der Waals surface area contributed by atoms with Gasteiger partial charge in [0, 0.05) is 0 Å². The molecule has 0 amide bonds. The first-order chi connectivity index (χ1) is 9.29. The molecule has 2 rings (SSSR count). The van der Waals surface area contributed by atoms with Crippen molar-refractivity contribution >= 4 is 60.5 Å². The van der Waals surface area contributed by atoms with E-state index < -0.39 is 16.0 Å². The Morgan fingerprint density at radius 1 is 1.30 bits per heavy atom.